The molecule has 0 saturated carbocycles. The molecule has 1 aromatic heterocycles. The van der Waals surface area contributed by atoms with Gasteiger partial charge in [-0.25, -0.2) is 14.4 Å². The second-order valence-corrected chi connectivity index (χ2v) is 5.14. The van der Waals surface area contributed by atoms with Gasteiger partial charge in [-0.3, -0.25) is 0 Å². The largest absolute Gasteiger partial charge is 0.474 e. The van der Waals surface area contributed by atoms with Crippen molar-refractivity contribution < 1.29 is 9.13 Å². The summed E-state index contributed by atoms with van der Waals surface area (Å²) in [6.07, 6.45) is 0.727. The van der Waals surface area contributed by atoms with Gasteiger partial charge in [-0.05, 0) is 42.8 Å². The standard InChI is InChI=1S/C13H19BrFN3O/c1-5-18(4)8-16-12-6-11(14)13(17-10(12)3)19-7-9(2)15/h6,8-9H,5,7H2,1-4H3. The summed E-state index contributed by atoms with van der Waals surface area (Å²) in [5, 5.41) is 0. The lowest BCUT2D eigenvalue weighted by Crippen LogP contribution is -2.14. The lowest BCUT2D eigenvalue weighted by Gasteiger charge is -2.11. The van der Waals surface area contributed by atoms with Crippen LogP contribution in [0.2, 0.25) is 0 Å². The van der Waals surface area contributed by atoms with Crippen molar-refractivity contribution in [3.8, 4) is 5.88 Å². The van der Waals surface area contributed by atoms with E-state index < -0.39 is 6.17 Å². The number of ether oxygens (including phenoxy) is 1. The summed E-state index contributed by atoms with van der Waals surface area (Å²) in [5.41, 5.74) is 1.50. The van der Waals surface area contributed by atoms with E-state index in [0.29, 0.717) is 10.4 Å². The maximum absolute atomic E-state index is 12.8. The predicted molar refractivity (Wildman–Crippen MR) is 79.2 cm³/mol. The number of rotatable bonds is 6. The first-order valence-corrected chi connectivity index (χ1v) is 6.91. The van der Waals surface area contributed by atoms with Gasteiger partial charge in [0.25, 0.3) is 0 Å². The lowest BCUT2D eigenvalue weighted by molar-refractivity contribution is 0.202. The van der Waals surface area contributed by atoms with Crippen LogP contribution in [0.4, 0.5) is 10.1 Å². The molecule has 4 nitrogen and oxygen atoms in total. The zero-order chi connectivity index (χ0) is 14.4. The number of aliphatic imine (C=N–C) groups is 1. The third-order valence-electron chi connectivity index (χ3n) is 2.45. The van der Waals surface area contributed by atoms with Crippen molar-refractivity contribution in [3.63, 3.8) is 0 Å². The number of hydrogen-bond donors (Lipinski definition) is 0. The monoisotopic (exact) mass is 331 g/mol. The fourth-order valence-electron chi connectivity index (χ4n) is 1.22. The summed E-state index contributed by atoms with van der Waals surface area (Å²) in [7, 11) is 1.95. The molecule has 0 aliphatic heterocycles. The first-order chi connectivity index (χ1) is 8.93. The molecule has 1 heterocycles. The van der Waals surface area contributed by atoms with Gasteiger partial charge in [0.05, 0.1) is 22.2 Å². The number of aromatic nitrogens is 1. The van der Waals surface area contributed by atoms with Crippen molar-refractivity contribution in [2.24, 2.45) is 4.99 Å². The summed E-state index contributed by atoms with van der Waals surface area (Å²) < 4.78 is 18.7. The molecule has 0 aliphatic carbocycles. The average molecular weight is 332 g/mol. The SMILES string of the molecule is CCN(C)C=Nc1cc(Br)c(OCC(C)F)nc1C. The van der Waals surface area contributed by atoms with E-state index in [0.717, 1.165) is 17.9 Å². The molecule has 6 heteroatoms. The van der Waals surface area contributed by atoms with Crippen LogP contribution < -0.4 is 4.74 Å². The van der Waals surface area contributed by atoms with Crippen molar-refractivity contribution in [3.05, 3.63) is 16.2 Å². The van der Waals surface area contributed by atoms with Crippen LogP contribution in [-0.4, -0.2) is 42.6 Å². The Labute approximate surface area is 121 Å². The Bertz CT molecular complexity index is 452. The second kappa shape index (κ2) is 7.43. The molecule has 1 atom stereocenters. The molecule has 0 amide bonds. The van der Waals surface area contributed by atoms with Crippen LogP contribution >= 0.6 is 15.9 Å². The molecular formula is C13H19BrFN3O. The van der Waals surface area contributed by atoms with Gasteiger partial charge in [-0.15, -0.1) is 0 Å². The van der Waals surface area contributed by atoms with Gasteiger partial charge in [-0.1, -0.05) is 0 Å². The smallest absolute Gasteiger partial charge is 0.228 e. The molecular weight excluding hydrogens is 313 g/mol. The molecule has 106 valence electrons. The zero-order valence-corrected chi connectivity index (χ0v) is 13.2. The van der Waals surface area contributed by atoms with Crippen LogP contribution in [0.15, 0.2) is 15.5 Å². The van der Waals surface area contributed by atoms with E-state index >= 15 is 0 Å². The van der Waals surface area contributed by atoms with Gasteiger partial charge in [-0.2, -0.15) is 0 Å². The molecule has 0 fully saturated rings. The molecule has 1 unspecified atom stereocenters. The summed E-state index contributed by atoms with van der Waals surface area (Å²) in [6.45, 7) is 6.21. The van der Waals surface area contributed by atoms with E-state index in [1.807, 2.05) is 31.9 Å². The van der Waals surface area contributed by atoms with Crippen molar-refractivity contribution >= 4 is 28.0 Å². The Morgan fingerprint density at radius 3 is 2.89 bits per heavy atom. The van der Waals surface area contributed by atoms with E-state index in [1.54, 1.807) is 6.34 Å². The van der Waals surface area contributed by atoms with Gasteiger partial charge >= 0.3 is 0 Å². The van der Waals surface area contributed by atoms with Crippen LogP contribution in [-0.2, 0) is 0 Å². The summed E-state index contributed by atoms with van der Waals surface area (Å²) in [5.74, 6) is 0.393. The minimum atomic E-state index is -1.02. The Kier molecular flexibility index (Phi) is 6.21. The van der Waals surface area contributed by atoms with Gasteiger partial charge in [0.15, 0.2) is 0 Å². The Hall–Kier alpha value is -1.17. The van der Waals surface area contributed by atoms with Crippen molar-refractivity contribution in [2.75, 3.05) is 20.2 Å². The maximum atomic E-state index is 12.8. The highest BCUT2D eigenvalue weighted by atomic mass is 79.9. The third kappa shape index (κ3) is 5.14. The highest BCUT2D eigenvalue weighted by Crippen LogP contribution is 2.29. The van der Waals surface area contributed by atoms with Gasteiger partial charge in [0, 0.05) is 13.6 Å². The molecule has 0 radical (unpaired) electrons. The van der Waals surface area contributed by atoms with Crippen LogP contribution in [0.25, 0.3) is 0 Å². The second-order valence-electron chi connectivity index (χ2n) is 4.29. The Morgan fingerprint density at radius 2 is 2.32 bits per heavy atom. The molecule has 1 aromatic rings. The number of alkyl halides is 1. The highest BCUT2D eigenvalue weighted by molar-refractivity contribution is 9.10. The third-order valence-corrected chi connectivity index (χ3v) is 3.02. The molecule has 0 aliphatic rings. The molecule has 0 bridgehead atoms. The minimum Gasteiger partial charge on any atom is -0.474 e. The number of hydrogen-bond acceptors (Lipinski definition) is 3. The van der Waals surface area contributed by atoms with Crippen molar-refractivity contribution in [1.29, 1.82) is 0 Å². The quantitative estimate of drug-likeness (QED) is 0.591. The highest BCUT2D eigenvalue weighted by Gasteiger charge is 2.09. The first kappa shape index (κ1) is 15.9. The average Bonchev–Trinajstić information content (AvgIpc) is 2.37. The molecule has 0 aromatic carbocycles. The van der Waals surface area contributed by atoms with Crippen molar-refractivity contribution in [1.82, 2.24) is 9.88 Å². The molecule has 0 N–H and O–H groups in total. The van der Waals surface area contributed by atoms with Crippen LogP contribution in [0.3, 0.4) is 0 Å². The number of aryl methyl sites for hydroxylation is 1. The summed E-state index contributed by atoms with van der Waals surface area (Å²) >= 11 is 3.36. The lowest BCUT2D eigenvalue weighted by atomic mass is 10.3. The minimum absolute atomic E-state index is 0.00771. The summed E-state index contributed by atoms with van der Waals surface area (Å²) in [4.78, 5) is 10.6. The molecule has 0 spiro atoms. The normalized spacial score (nSPS) is 12.7. The molecule has 0 saturated heterocycles. The number of pyridine rings is 1. The van der Waals surface area contributed by atoms with E-state index in [-0.39, 0.29) is 6.61 Å². The maximum Gasteiger partial charge on any atom is 0.228 e. The molecule has 19 heavy (non-hydrogen) atoms. The Balaban J connectivity index is 2.87. The van der Waals surface area contributed by atoms with Crippen LogP contribution in [0.1, 0.15) is 19.5 Å². The topological polar surface area (TPSA) is 37.7 Å². The number of nitrogens with zero attached hydrogens (tertiary/aromatic N) is 3. The van der Waals surface area contributed by atoms with Crippen LogP contribution in [0, 0.1) is 6.92 Å². The van der Waals surface area contributed by atoms with E-state index in [9.17, 15) is 4.39 Å². The Morgan fingerprint density at radius 1 is 1.63 bits per heavy atom. The predicted octanol–water partition coefficient (Wildman–Crippen LogP) is 3.50. The van der Waals surface area contributed by atoms with Gasteiger partial charge in [0.1, 0.15) is 12.8 Å². The van der Waals surface area contributed by atoms with Crippen molar-refractivity contribution in [2.45, 2.75) is 26.9 Å². The summed E-state index contributed by atoms with van der Waals surface area (Å²) in [6, 6.07) is 1.82. The van der Waals surface area contributed by atoms with Gasteiger partial charge < -0.3 is 9.64 Å². The van der Waals surface area contributed by atoms with E-state index in [1.165, 1.54) is 6.92 Å². The number of halogens is 2. The van der Waals surface area contributed by atoms with E-state index in [2.05, 4.69) is 25.9 Å². The van der Waals surface area contributed by atoms with Crippen LogP contribution in [0.5, 0.6) is 5.88 Å². The fraction of sp³-hybridized carbons (Fsp3) is 0.538. The zero-order valence-electron chi connectivity index (χ0n) is 11.7. The molecule has 1 rings (SSSR count). The van der Waals surface area contributed by atoms with Gasteiger partial charge in [0.2, 0.25) is 5.88 Å². The fourth-order valence-corrected chi connectivity index (χ4v) is 1.64. The first-order valence-electron chi connectivity index (χ1n) is 6.12. The van der Waals surface area contributed by atoms with E-state index in [4.69, 9.17) is 4.74 Å².